The van der Waals surface area contributed by atoms with Crippen LogP contribution in [0, 0.1) is 0 Å². The van der Waals surface area contributed by atoms with Crippen LogP contribution in [-0.2, 0) is 11.3 Å². The fourth-order valence-corrected chi connectivity index (χ4v) is 3.24. The van der Waals surface area contributed by atoms with Crippen molar-refractivity contribution in [2.45, 2.75) is 65.0 Å². The highest BCUT2D eigenvalue weighted by Gasteiger charge is 2.20. The minimum Gasteiger partial charge on any atom is -0.444 e. The lowest BCUT2D eigenvalue weighted by Crippen LogP contribution is -2.32. The number of rotatable bonds is 9. The Labute approximate surface area is 186 Å². The number of alkyl carbamates (subject to hydrolysis) is 1. The van der Waals surface area contributed by atoms with Crippen molar-refractivity contribution in [2.75, 3.05) is 6.54 Å². The Hall–Kier alpha value is -3.10. The number of para-hydroxylation sites is 2. The van der Waals surface area contributed by atoms with Crippen LogP contribution in [0.15, 0.2) is 36.7 Å². The third-order valence-electron chi connectivity index (χ3n) is 4.69. The van der Waals surface area contributed by atoms with Gasteiger partial charge in [0, 0.05) is 24.8 Å². The largest absolute Gasteiger partial charge is 0.444 e. The minimum absolute atomic E-state index is 0.165. The summed E-state index contributed by atoms with van der Waals surface area (Å²) in [7, 11) is 0. The van der Waals surface area contributed by atoms with Gasteiger partial charge in [-0.05, 0) is 45.7 Å². The molecule has 0 fully saturated rings. The van der Waals surface area contributed by atoms with Crippen molar-refractivity contribution >= 4 is 17.1 Å². The van der Waals surface area contributed by atoms with E-state index in [4.69, 9.17) is 4.74 Å². The molecule has 0 atom stereocenters. The molecule has 0 aliphatic heterocycles. The van der Waals surface area contributed by atoms with Crippen LogP contribution >= 0.6 is 0 Å². The first-order valence-corrected chi connectivity index (χ1v) is 10.8. The van der Waals surface area contributed by atoms with Crippen LogP contribution in [0.25, 0.3) is 22.3 Å². The van der Waals surface area contributed by atoms with Crippen molar-refractivity contribution in [1.29, 1.82) is 0 Å². The minimum atomic E-state index is -2.72. The topological polar surface area (TPSA) is 81.9 Å². The number of halogens is 2. The Morgan fingerprint density at radius 2 is 1.78 bits per heavy atom. The maximum Gasteiger partial charge on any atom is 0.407 e. The molecule has 7 nitrogen and oxygen atoms in total. The molecule has 1 aromatic carbocycles. The molecular formula is C23H29F2N5O2. The monoisotopic (exact) mass is 445 g/mol. The number of fused-ring (bicyclic) bond motifs is 1. The van der Waals surface area contributed by atoms with Gasteiger partial charge < -0.3 is 10.1 Å². The van der Waals surface area contributed by atoms with E-state index >= 15 is 0 Å². The normalized spacial score (nSPS) is 11.8. The van der Waals surface area contributed by atoms with Gasteiger partial charge in [0.2, 0.25) is 0 Å². The fourth-order valence-electron chi connectivity index (χ4n) is 3.24. The molecule has 0 unspecified atom stereocenters. The average molecular weight is 446 g/mol. The molecule has 0 aliphatic rings. The summed E-state index contributed by atoms with van der Waals surface area (Å²) < 4.78 is 34.1. The molecule has 32 heavy (non-hydrogen) atoms. The lowest BCUT2D eigenvalue weighted by atomic mass is 10.1. The molecule has 3 aromatic rings. The molecule has 3 rings (SSSR count). The molecular weight excluding hydrogens is 416 g/mol. The van der Waals surface area contributed by atoms with Gasteiger partial charge in [0.25, 0.3) is 6.43 Å². The van der Waals surface area contributed by atoms with E-state index in [1.54, 1.807) is 41.3 Å². The quantitative estimate of drug-likeness (QED) is 0.439. The summed E-state index contributed by atoms with van der Waals surface area (Å²) in [5, 5.41) is 7.04. The summed E-state index contributed by atoms with van der Waals surface area (Å²) in [5.74, 6) is 0. The van der Waals surface area contributed by atoms with Crippen molar-refractivity contribution in [3.8, 4) is 11.3 Å². The van der Waals surface area contributed by atoms with Crippen molar-refractivity contribution in [3.63, 3.8) is 0 Å². The van der Waals surface area contributed by atoms with Gasteiger partial charge in [0.1, 0.15) is 17.0 Å². The van der Waals surface area contributed by atoms with Crippen molar-refractivity contribution in [2.24, 2.45) is 0 Å². The number of carbonyl (C=O) groups excluding carboxylic acids is 1. The Balaban J connectivity index is 1.48. The first-order valence-electron chi connectivity index (χ1n) is 10.8. The number of aromatic nitrogens is 4. The van der Waals surface area contributed by atoms with Gasteiger partial charge in [-0.2, -0.15) is 5.10 Å². The molecule has 172 valence electrons. The first kappa shape index (κ1) is 23.6. The second-order valence-electron chi connectivity index (χ2n) is 8.58. The van der Waals surface area contributed by atoms with Gasteiger partial charge in [-0.15, -0.1) is 0 Å². The third kappa shape index (κ3) is 6.70. The van der Waals surface area contributed by atoms with E-state index in [1.807, 2.05) is 20.8 Å². The zero-order valence-electron chi connectivity index (χ0n) is 18.6. The lowest BCUT2D eigenvalue weighted by Gasteiger charge is -2.19. The number of nitrogens with zero attached hydrogens (tertiary/aromatic N) is 4. The molecule has 1 amide bonds. The highest BCUT2D eigenvalue weighted by atomic mass is 19.3. The molecule has 2 aromatic heterocycles. The van der Waals surface area contributed by atoms with Crippen molar-refractivity contribution < 1.29 is 18.3 Å². The number of alkyl halides is 2. The smallest absolute Gasteiger partial charge is 0.407 e. The Morgan fingerprint density at radius 1 is 1.09 bits per heavy atom. The van der Waals surface area contributed by atoms with E-state index in [2.05, 4.69) is 20.4 Å². The number of hydrogen-bond donors (Lipinski definition) is 1. The molecule has 0 saturated carbocycles. The first-order chi connectivity index (χ1) is 15.2. The van der Waals surface area contributed by atoms with Crippen molar-refractivity contribution in [1.82, 2.24) is 25.1 Å². The van der Waals surface area contributed by atoms with Crippen molar-refractivity contribution in [3.05, 3.63) is 42.4 Å². The number of hydrogen-bond acceptors (Lipinski definition) is 5. The van der Waals surface area contributed by atoms with Crippen LogP contribution in [0.3, 0.4) is 0 Å². The zero-order valence-corrected chi connectivity index (χ0v) is 18.6. The van der Waals surface area contributed by atoms with E-state index in [0.717, 1.165) is 25.7 Å². The number of amides is 1. The number of nitrogens with one attached hydrogen (secondary N) is 1. The number of carbonyl (C=O) groups is 1. The molecule has 2 heterocycles. The number of ether oxygens (including phenoxy) is 1. The average Bonchev–Trinajstić information content (AvgIpc) is 3.19. The van der Waals surface area contributed by atoms with E-state index in [9.17, 15) is 13.6 Å². The van der Waals surface area contributed by atoms with Gasteiger partial charge >= 0.3 is 6.09 Å². The SMILES string of the molecule is CC(C)(C)OC(=O)NCCCCCCn1cc(-c2nc3ccccc3nc2C(F)F)cn1. The predicted molar refractivity (Wildman–Crippen MR) is 118 cm³/mol. The van der Waals surface area contributed by atoms with Gasteiger partial charge in [-0.25, -0.2) is 23.5 Å². The Kier molecular flexibility index (Phi) is 7.71. The van der Waals surface area contributed by atoms with Crippen LogP contribution in [-0.4, -0.2) is 38.0 Å². The van der Waals surface area contributed by atoms with Crippen LogP contribution < -0.4 is 5.32 Å². The van der Waals surface area contributed by atoms with Crippen LogP contribution in [0.5, 0.6) is 0 Å². The molecule has 1 N–H and O–H groups in total. The summed E-state index contributed by atoms with van der Waals surface area (Å²) in [4.78, 5) is 20.1. The van der Waals surface area contributed by atoms with E-state index in [0.29, 0.717) is 29.7 Å². The van der Waals surface area contributed by atoms with Crippen LogP contribution in [0.1, 0.15) is 58.6 Å². The summed E-state index contributed by atoms with van der Waals surface area (Å²) in [5.41, 5.74) is 0.875. The molecule has 0 radical (unpaired) electrons. The Morgan fingerprint density at radius 3 is 2.47 bits per heavy atom. The predicted octanol–water partition coefficient (Wildman–Crippen LogP) is 5.52. The summed E-state index contributed by atoms with van der Waals surface area (Å²) in [6.07, 6.45) is 3.82. The van der Waals surface area contributed by atoms with E-state index in [1.165, 1.54) is 0 Å². The third-order valence-corrected chi connectivity index (χ3v) is 4.69. The highest BCUT2D eigenvalue weighted by Crippen LogP contribution is 2.29. The lowest BCUT2D eigenvalue weighted by molar-refractivity contribution is 0.0527. The van der Waals surface area contributed by atoms with E-state index in [-0.39, 0.29) is 11.4 Å². The molecule has 0 saturated heterocycles. The molecule has 9 heteroatoms. The summed E-state index contributed by atoms with van der Waals surface area (Å²) in [6, 6.07) is 6.97. The van der Waals surface area contributed by atoms with Gasteiger partial charge in [-0.1, -0.05) is 25.0 Å². The van der Waals surface area contributed by atoms with Crippen LogP contribution in [0.4, 0.5) is 13.6 Å². The molecule has 0 aliphatic carbocycles. The second kappa shape index (κ2) is 10.5. The number of unbranched alkanes of at least 4 members (excludes halogenated alkanes) is 3. The number of benzene rings is 1. The van der Waals surface area contributed by atoms with Crippen LogP contribution in [0.2, 0.25) is 0 Å². The maximum atomic E-state index is 13.6. The second-order valence-corrected chi connectivity index (χ2v) is 8.58. The molecule has 0 bridgehead atoms. The van der Waals surface area contributed by atoms with Gasteiger partial charge in [0.05, 0.1) is 17.2 Å². The Bertz CT molecular complexity index is 1050. The standard InChI is InChI=1S/C23H29F2N5O2/c1-23(2,3)32-22(31)26-12-8-4-5-9-13-30-15-16(14-27-30)19-20(21(24)25)29-18-11-7-6-10-17(18)28-19/h6-7,10-11,14-15,21H,4-5,8-9,12-13H2,1-3H3,(H,26,31). The summed E-state index contributed by atoms with van der Waals surface area (Å²) >= 11 is 0. The van der Waals surface area contributed by atoms with E-state index < -0.39 is 18.1 Å². The zero-order chi connectivity index (χ0) is 23.1. The molecule has 0 spiro atoms. The van der Waals surface area contributed by atoms with Gasteiger partial charge in [0.15, 0.2) is 0 Å². The number of aryl methyl sites for hydroxylation is 1. The fraction of sp³-hybridized carbons (Fsp3) is 0.478. The van der Waals surface area contributed by atoms with Gasteiger partial charge in [-0.3, -0.25) is 4.68 Å². The summed E-state index contributed by atoms with van der Waals surface area (Å²) in [6.45, 7) is 6.72. The highest BCUT2D eigenvalue weighted by molar-refractivity contribution is 5.78. The maximum absolute atomic E-state index is 13.6.